The molecule has 0 unspecified atom stereocenters. The largest absolute Gasteiger partial charge is 0.506 e. The molecule has 1 aliphatic rings. The number of pyridine rings is 1. The van der Waals surface area contributed by atoms with Gasteiger partial charge >= 0.3 is 0 Å². The zero-order chi connectivity index (χ0) is 27.8. The van der Waals surface area contributed by atoms with Gasteiger partial charge in [0.15, 0.2) is 5.11 Å². The number of hydrogen-bond acceptors (Lipinski definition) is 5. The molecular weight excluding hydrogens is 534 g/mol. The maximum atomic E-state index is 11.9. The number of methoxy groups -OCH3 is 1. The molecule has 4 aromatic rings. The standard InChI is InChI=1S/C29H28ClN5O3S/c1-16-13-21(17(2)34(16)24-14-19(30)8-10-25(24)37)28-27(22-7-5-6-12-31-22)33-29(39)35(28)20-9-11-26(38-4)23(15-20)32-18(3)36/h5-15,27-28,37H,1-4H3,(H,32,36)(H,33,39)/t27-,28+/m0/s1. The molecule has 0 radical (unpaired) electrons. The summed E-state index contributed by atoms with van der Waals surface area (Å²) in [5.41, 5.74) is 5.57. The van der Waals surface area contributed by atoms with E-state index in [-0.39, 0.29) is 23.7 Å². The molecule has 1 amide bonds. The highest BCUT2D eigenvalue weighted by atomic mass is 35.5. The van der Waals surface area contributed by atoms with Crippen LogP contribution in [0.2, 0.25) is 5.02 Å². The number of phenols is 1. The van der Waals surface area contributed by atoms with Gasteiger partial charge in [-0.15, -0.1) is 0 Å². The number of aromatic hydroxyl groups is 1. The first-order valence-electron chi connectivity index (χ1n) is 12.3. The first kappa shape index (κ1) is 26.5. The van der Waals surface area contributed by atoms with Gasteiger partial charge in [0.2, 0.25) is 5.91 Å². The molecule has 1 saturated heterocycles. The highest BCUT2D eigenvalue weighted by molar-refractivity contribution is 7.80. The zero-order valence-electron chi connectivity index (χ0n) is 21.9. The summed E-state index contributed by atoms with van der Waals surface area (Å²) in [5.74, 6) is 0.459. The summed E-state index contributed by atoms with van der Waals surface area (Å²) in [7, 11) is 1.56. The maximum Gasteiger partial charge on any atom is 0.221 e. The van der Waals surface area contributed by atoms with Crippen molar-refractivity contribution in [2.45, 2.75) is 32.9 Å². The lowest BCUT2D eigenvalue weighted by Crippen LogP contribution is -2.29. The highest BCUT2D eigenvalue weighted by Crippen LogP contribution is 2.45. The van der Waals surface area contributed by atoms with Crippen molar-refractivity contribution < 1.29 is 14.6 Å². The van der Waals surface area contributed by atoms with Crippen molar-refractivity contribution in [2.75, 3.05) is 17.3 Å². The Morgan fingerprint density at radius 2 is 1.95 bits per heavy atom. The summed E-state index contributed by atoms with van der Waals surface area (Å²) < 4.78 is 7.46. The van der Waals surface area contributed by atoms with E-state index in [4.69, 9.17) is 28.6 Å². The van der Waals surface area contributed by atoms with Crippen LogP contribution < -0.4 is 20.3 Å². The third-order valence-electron chi connectivity index (χ3n) is 6.84. The van der Waals surface area contributed by atoms with E-state index in [1.165, 1.54) is 6.92 Å². The monoisotopic (exact) mass is 561 g/mol. The van der Waals surface area contributed by atoms with E-state index in [0.29, 0.717) is 27.3 Å². The van der Waals surface area contributed by atoms with Crippen LogP contribution >= 0.6 is 23.8 Å². The molecule has 0 aliphatic carbocycles. The van der Waals surface area contributed by atoms with E-state index in [1.54, 1.807) is 31.5 Å². The molecule has 5 rings (SSSR count). The number of rotatable bonds is 6. The number of ether oxygens (including phenoxy) is 1. The van der Waals surface area contributed by atoms with Gasteiger partial charge in [-0.1, -0.05) is 17.7 Å². The van der Waals surface area contributed by atoms with Gasteiger partial charge in [0, 0.05) is 35.2 Å². The Hall–Kier alpha value is -4.08. The van der Waals surface area contributed by atoms with Gasteiger partial charge in [-0.25, -0.2) is 0 Å². The quantitative estimate of drug-likeness (QED) is 0.249. The van der Waals surface area contributed by atoms with E-state index in [9.17, 15) is 9.90 Å². The Kier molecular flexibility index (Phi) is 7.20. The molecule has 2 aromatic heterocycles. The number of anilines is 2. The predicted molar refractivity (Wildman–Crippen MR) is 157 cm³/mol. The van der Waals surface area contributed by atoms with Gasteiger partial charge in [-0.05, 0) is 86.2 Å². The molecule has 8 nitrogen and oxygen atoms in total. The van der Waals surface area contributed by atoms with Gasteiger partial charge in [0.25, 0.3) is 0 Å². The number of nitrogens with one attached hydrogen (secondary N) is 2. The molecule has 39 heavy (non-hydrogen) atoms. The van der Waals surface area contributed by atoms with Crippen LogP contribution in [0, 0.1) is 13.8 Å². The van der Waals surface area contributed by atoms with Crippen LogP contribution in [0.1, 0.15) is 41.7 Å². The molecule has 200 valence electrons. The lowest BCUT2D eigenvalue weighted by atomic mass is 9.96. The van der Waals surface area contributed by atoms with E-state index in [1.807, 2.05) is 59.7 Å². The fraction of sp³-hybridized carbons (Fsp3) is 0.207. The van der Waals surface area contributed by atoms with Gasteiger partial charge in [-0.3, -0.25) is 9.78 Å². The average molecular weight is 562 g/mol. The molecule has 10 heteroatoms. The number of nitrogens with zero attached hydrogens (tertiary/aromatic N) is 3. The van der Waals surface area contributed by atoms with Crippen molar-refractivity contribution in [3.05, 3.63) is 94.5 Å². The second-order valence-electron chi connectivity index (χ2n) is 9.36. The van der Waals surface area contributed by atoms with Crippen LogP contribution in [0.15, 0.2) is 66.9 Å². The smallest absolute Gasteiger partial charge is 0.221 e. The topological polar surface area (TPSA) is 91.7 Å². The van der Waals surface area contributed by atoms with E-state index in [0.717, 1.165) is 28.3 Å². The minimum Gasteiger partial charge on any atom is -0.506 e. The van der Waals surface area contributed by atoms with E-state index < -0.39 is 0 Å². The number of carbonyl (C=O) groups excluding carboxylic acids is 1. The number of amides is 1. The molecule has 0 bridgehead atoms. The predicted octanol–water partition coefficient (Wildman–Crippen LogP) is 5.99. The minimum atomic E-state index is -0.299. The van der Waals surface area contributed by atoms with Crippen LogP contribution in [0.25, 0.3) is 5.69 Å². The number of carbonyl (C=O) groups is 1. The van der Waals surface area contributed by atoms with Gasteiger partial charge in [0.05, 0.1) is 36.3 Å². The number of thiocarbonyl (C=S) groups is 1. The van der Waals surface area contributed by atoms with Crippen molar-refractivity contribution in [3.8, 4) is 17.2 Å². The number of benzene rings is 2. The number of aromatic nitrogens is 2. The van der Waals surface area contributed by atoms with Crippen molar-refractivity contribution in [1.29, 1.82) is 0 Å². The highest BCUT2D eigenvalue weighted by Gasteiger charge is 2.42. The van der Waals surface area contributed by atoms with Crippen LogP contribution in [-0.4, -0.2) is 32.8 Å². The molecule has 0 saturated carbocycles. The van der Waals surface area contributed by atoms with Gasteiger partial charge in [0.1, 0.15) is 11.5 Å². The Bertz CT molecular complexity index is 1570. The number of phenolic OH excluding ortho intramolecular Hbond substituents is 1. The van der Waals surface area contributed by atoms with Crippen LogP contribution in [0.3, 0.4) is 0 Å². The van der Waals surface area contributed by atoms with Crippen LogP contribution in [0.5, 0.6) is 11.5 Å². The molecule has 0 spiro atoms. The molecule has 3 N–H and O–H groups in total. The summed E-state index contributed by atoms with van der Waals surface area (Å²) in [6.07, 6.45) is 1.76. The van der Waals surface area contributed by atoms with E-state index in [2.05, 4.69) is 21.7 Å². The Balaban J connectivity index is 1.70. The summed E-state index contributed by atoms with van der Waals surface area (Å²) in [5, 5.41) is 18.0. The Labute approximate surface area is 237 Å². The fourth-order valence-electron chi connectivity index (χ4n) is 5.22. The Morgan fingerprint density at radius 3 is 2.64 bits per heavy atom. The summed E-state index contributed by atoms with van der Waals surface area (Å²) in [6.45, 7) is 5.45. The first-order chi connectivity index (χ1) is 18.7. The fourth-order valence-corrected chi connectivity index (χ4v) is 5.73. The summed E-state index contributed by atoms with van der Waals surface area (Å²) in [6, 6.07) is 17.9. The second kappa shape index (κ2) is 10.6. The molecular formula is C29H28ClN5O3S. The van der Waals surface area contributed by atoms with Crippen molar-refractivity contribution in [1.82, 2.24) is 14.9 Å². The Morgan fingerprint density at radius 1 is 1.15 bits per heavy atom. The average Bonchev–Trinajstić information content (AvgIpc) is 3.40. The van der Waals surface area contributed by atoms with Crippen molar-refractivity contribution >= 4 is 46.2 Å². The van der Waals surface area contributed by atoms with Crippen LogP contribution in [0.4, 0.5) is 11.4 Å². The molecule has 2 atom stereocenters. The molecule has 1 fully saturated rings. The first-order valence-corrected chi connectivity index (χ1v) is 13.1. The molecule has 3 heterocycles. The van der Waals surface area contributed by atoms with Crippen LogP contribution in [-0.2, 0) is 4.79 Å². The third-order valence-corrected chi connectivity index (χ3v) is 7.39. The SMILES string of the molecule is COc1ccc(N2C(=S)N[C@@H](c3ccccn3)[C@H]2c2cc(C)n(-c3cc(Cl)ccc3O)c2C)cc1NC(C)=O. The summed E-state index contributed by atoms with van der Waals surface area (Å²) >= 11 is 12.2. The number of halogens is 1. The normalized spacial score (nSPS) is 16.7. The van der Waals surface area contributed by atoms with Gasteiger partial charge < -0.3 is 29.9 Å². The van der Waals surface area contributed by atoms with Gasteiger partial charge in [-0.2, -0.15) is 0 Å². The zero-order valence-corrected chi connectivity index (χ0v) is 23.5. The third kappa shape index (κ3) is 4.91. The second-order valence-corrected chi connectivity index (χ2v) is 10.2. The number of aryl methyl sites for hydroxylation is 1. The van der Waals surface area contributed by atoms with Crippen molar-refractivity contribution in [3.63, 3.8) is 0 Å². The maximum absolute atomic E-state index is 11.9. The molecule has 1 aliphatic heterocycles. The number of hydrogen-bond donors (Lipinski definition) is 3. The lowest BCUT2D eigenvalue weighted by molar-refractivity contribution is -0.114. The van der Waals surface area contributed by atoms with Crippen molar-refractivity contribution in [2.24, 2.45) is 0 Å². The lowest BCUT2D eigenvalue weighted by Gasteiger charge is -2.29. The molecule has 2 aromatic carbocycles. The van der Waals surface area contributed by atoms with E-state index >= 15 is 0 Å². The minimum absolute atomic E-state index is 0.126. The summed E-state index contributed by atoms with van der Waals surface area (Å²) in [4.78, 5) is 18.6.